The summed E-state index contributed by atoms with van der Waals surface area (Å²) in [5.74, 6) is 1.65. The highest BCUT2D eigenvalue weighted by molar-refractivity contribution is 5.78. The number of imidazole rings is 1. The minimum atomic E-state index is -0.236. The zero-order chi connectivity index (χ0) is 14.1. The van der Waals surface area contributed by atoms with Gasteiger partial charge >= 0.3 is 0 Å². The zero-order valence-corrected chi connectivity index (χ0v) is 11.6. The Kier molecular flexibility index (Phi) is 3.16. The van der Waals surface area contributed by atoms with Crippen LogP contribution >= 0.6 is 0 Å². The molecule has 1 heterocycles. The molecule has 0 fully saturated rings. The number of rotatable bonds is 3. The lowest BCUT2D eigenvalue weighted by Crippen LogP contribution is -2.16. The normalized spacial score (nSPS) is 12.6. The van der Waals surface area contributed by atoms with Crippen molar-refractivity contribution in [2.24, 2.45) is 12.8 Å². The summed E-state index contributed by atoms with van der Waals surface area (Å²) in [6, 6.07) is 15.6. The summed E-state index contributed by atoms with van der Waals surface area (Å²) in [5, 5.41) is 0. The van der Waals surface area contributed by atoms with Gasteiger partial charge in [0, 0.05) is 13.1 Å². The molecule has 3 aromatic rings. The van der Waals surface area contributed by atoms with E-state index in [-0.39, 0.29) is 6.04 Å². The molecule has 0 aliphatic carbocycles. The highest BCUT2D eigenvalue weighted by Crippen LogP contribution is 2.25. The van der Waals surface area contributed by atoms with Crippen LogP contribution in [0, 0.1) is 0 Å². The molecule has 3 rings (SSSR count). The molecule has 0 aliphatic heterocycles. The van der Waals surface area contributed by atoms with Crippen LogP contribution in [0.4, 0.5) is 0 Å². The third-order valence-electron chi connectivity index (χ3n) is 3.56. The van der Waals surface area contributed by atoms with Gasteiger partial charge in [-0.15, -0.1) is 0 Å². The van der Waals surface area contributed by atoms with Crippen molar-refractivity contribution in [1.82, 2.24) is 9.55 Å². The summed E-state index contributed by atoms with van der Waals surface area (Å²) in [4.78, 5) is 4.66. The van der Waals surface area contributed by atoms with Gasteiger partial charge in [-0.2, -0.15) is 0 Å². The van der Waals surface area contributed by atoms with Gasteiger partial charge < -0.3 is 15.0 Å². The maximum absolute atomic E-state index is 6.34. The van der Waals surface area contributed by atoms with Crippen LogP contribution < -0.4 is 10.5 Å². The van der Waals surface area contributed by atoms with E-state index in [4.69, 9.17) is 10.5 Å². The summed E-state index contributed by atoms with van der Waals surface area (Å²) in [6.45, 7) is 0. The van der Waals surface area contributed by atoms with E-state index in [1.54, 1.807) is 7.11 Å². The molecule has 0 aliphatic rings. The fourth-order valence-electron chi connectivity index (χ4n) is 2.41. The van der Waals surface area contributed by atoms with Gasteiger partial charge in [0.2, 0.25) is 0 Å². The number of fused-ring (bicyclic) bond motifs is 1. The molecule has 0 amide bonds. The van der Waals surface area contributed by atoms with Crippen LogP contribution in [0.25, 0.3) is 11.0 Å². The van der Waals surface area contributed by atoms with Crippen molar-refractivity contribution in [3.05, 3.63) is 59.9 Å². The maximum atomic E-state index is 6.34. The number of ether oxygens (including phenoxy) is 1. The Morgan fingerprint density at radius 1 is 1.15 bits per heavy atom. The molecule has 0 saturated carbocycles. The number of hydrogen-bond donors (Lipinski definition) is 1. The van der Waals surface area contributed by atoms with Gasteiger partial charge in [-0.3, -0.25) is 0 Å². The van der Waals surface area contributed by atoms with Crippen molar-refractivity contribution in [3.63, 3.8) is 0 Å². The monoisotopic (exact) mass is 267 g/mol. The van der Waals surface area contributed by atoms with Gasteiger partial charge in [0.25, 0.3) is 0 Å². The van der Waals surface area contributed by atoms with E-state index in [1.807, 2.05) is 60.1 Å². The Hall–Kier alpha value is -2.33. The summed E-state index contributed by atoms with van der Waals surface area (Å²) < 4.78 is 7.27. The number of aromatic nitrogens is 2. The minimum absolute atomic E-state index is 0.236. The predicted molar refractivity (Wildman–Crippen MR) is 79.7 cm³/mol. The Balaban J connectivity index is 2.10. The second-order valence-electron chi connectivity index (χ2n) is 4.77. The molecule has 102 valence electrons. The second-order valence-corrected chi connectivity index (χ2v) is 4.77. The van der Waals surface area contributed by atoms with Gasteiger partial charge in [0.15, 0.2) is 0 Å². The van der Waals surface area contributed by atoms with Gasteiger partial charge in [0.1, 0.15) is 11.6 Å². The number of methoxy groups -OCH3 is 1. The van der Waals surface area contributed by atoms with Crippen molar-refractivity contribution >= 4 is 11.0 Å². The van der Waals surface area contributed by atoms with Crippen molar-refractivity contribution in [1.29, 1.82) is 0 Å². The fraction of sp³-hybridized carbons (Fsp3) is 0.188. The topological polar surface area (TPSA) is 53.1 Å². The zero-order valence-electron chi connectivity index (χ0n) is 11.6. The van der Waals surface area contributed by atoms with E-state index in [1.165, 1.54) is 0 Å². The van der Waals surface area contributed by atoms with Crippen LogP contribution in [0.2, 0.25) is 0 Å². The molecule has 1 unspecified atom stereocenters. The molecule has 1 atom stereocenters. The quantitative estimate of drug-likeness (QED) is 0.793. The minimum Gasteiger partial charge on any atom is -0.497 e. The molecule has 2 aromatic carbocycles. The van der Waals surface area contributed by atoms with Gasteiger partial charge in [0.05, 0.1) is 24.2 Å². The molecule has 1 aromatic heterocycles. The van der Waals surface area contributed by atoms with Gasteiger partial charge in [-0.25, -0.2) is 4.98 Å². The van der Waals surface area contributed by atoms with Crippen molar-refractivity contribution in [2.45, 2.75) is 6.04 Å². The summed E-state index contributed by atoms with van der Waals surface area (Å²) >= 11 is 0. The lowest BCUT2D eigenvalue weighted by molar-refractivity contribution is 0.415. The molecule has 4 heteroatoms. The van der Waals surface area contributed by atoms with Gasteiger partial charge in [-0.1, -0.05) is 30.3 Å². The first-order chi connectivity index (χ1) is 9.70. The lowest BCUT2D eigenvalue weighted by Gasteiger charge is -2.11. The number of hydrogen-bond acceptors (Lipinski definition) is 3. The van der Waals surface area contributed by atoms with E-state index in [0.717, 1.165) is 28.2 Å². The summed E-state index contributed by atoms with van der Waals surface area (Å²) in [5.41, 5.74) is 9.34. The van der Waals surface area contributed by atoms with Gasteiger partial charge in [-0.05, 0) is 17.7 Å². The molecule has 0 saturated heterocycles. The molecule has 0 bridgehead atoms. The summed E-state index contributed by atoms with van der Waals surface area (Å²) in [6.07, 6.45) is 0. The van der Waals surface area contributed by atoms with E-state index in [2.05, 4.69) is 4.98 Å². The maximum Gasteiger partial charge on any atom is 0.131 e. The first-order valence-electron chi connectivity index (χ1n) is 6.51. The lowest BCUT2D eigenvalue weighted by atomic mass is 10.1. The molecule has 0 radical (unpaired) electrons. The van der Waals surface area contributed by atoms with Crippen molar-refractivity contribution in [3.8, 4) is 5.75 Å². The van der Waals surface area contributed by atoms with E-state index in [9.17, 15) is 0 Å². The highest BCUT2D eigenvalue weighted by atomic mass is 16.5. The second kappa shape index (κ2) is 4.98. The average molecular weight is 267 g/mol. The highest BCUT2D eigenvalue weighted by Gasteiger charge is 2.16. The van der Waals surface area contributed by atoms with E-state index >= 15 is 0 Å². The average Bonchev–Trinajstić information content (AvgIpc) is 2.84. The molecular formula is C16H17N3O. The third-order valence-corrected chi connectivity index (χ3v) is 3.56. The first-order valence-corrected chi connectivity index (χ1v) is 6.51. The smallest absolute Gasteiger partial charge is 0.131 e. The Labute approximate surface area is 117 Å². The molecule has 0 spiro atoms. The number of nitrogens with zero attached hydrogens (tertiary/aromatic N) is 2. The van der Waals surface area contributed by atoms with Crippen molar-refractivity contribution in [2.75, 3.05) is 7.11 Å². The van der Waals surface area contributed by atoms with Crippen LogP contribution in [-0.4, -0.2) is 16.7 Å². The standard InChI is InChI=1S/C16H17N3O/c1-19-14-9-8-12(20-2)10-13(14)18-16(19)15(17)11-6-4-3-5-7-11/h3-10,15H,17H2,1-2H3. The Morgan fingerprint density at radius 3 is 2.60 bits per heavy atom. The van der Waals surface area contributed by atoms with Crippen LogP contribution in [0.3, 0.4) is 0 Å². The van der Waals surface area contributed by atoms with E-state index < -0.39 is 0 Å². The van der Waals surface area contributed by atoms with Crippen molar-refractivity contribution < 1.29 is 4.74 Å². The van der Waals surface area contributed by atoms with Crippen LogP contribution in [0.15, 0.2) is 48.5 Å². The van der Waals surface area contributed by atoms with Crippen LogP contribution in [-0.2, 0) is 7.05 Å². The van der Waals surface area contributed by atoms with Crippen LogP contribution in [0.5, 0.6) is 5.75 Å². The molecule has 4 nitrogen and oxygen atoms in total. The number of benzene rings is 2. The predicted octanol–water partition coefficient (Wildman–Crippen LogP) is 2.63. The number of nitrogens with two attached hydrogens (primary N) is 1. The first kappa shape index (κ1) is 12.7. The Bertz CT molecular complexity index is 734. The fourth-order valence-corrected chi connectivity index (χ4v) is 2.41. The Morgan fingerprint density at radius 2 is 1.90 bits per heavy atom. The third kappa shape index (κ3) is 2.04. The van der Waals surface area contributed by atoms with Crippen LogP contribution in [0.1, 0.15) is 17.4 Å². The largest absolute Gasteiger partial charge is 0.497 e. The van der Waals surface area contributed by atoms with E-state index in [0.29, 0.717) is 0 Å². The molecule has 20 heavy (non-hydrogen) atoms. The SMILES string of the molecule is COc1ccc2c(c1)nc(C(N)c1ccccc1)n2C. The number of aryl methyl sites for hydroxylation is 1. The molecular weight excluding hydrogens is 250 g/mol. The molecule has 2 N–H and O–H groups in total. The summed E-state index contributed by atoms with van der Waals surface area (Å²) in [7, 11) is 3.64.